The zero-order chi connectivity index (χ0) is 23.4. The number of aromatic amines is 2. The van der Waals surface area contributed by atoms with Crippen LogP contribution in [0.15, 0.2) is 84.8 Å². The molecule has 0 aliphatic heterocycles. The molecule has 7 heteroatoms. The van der Waals surface area contributed by atoms with E-state index in [1.54, 1.807) is 11.3 Å². The van der Waals surface area contributed by atoms with Crippen molar-refractivity contribution >= 4 is 39.0 Å². The van der Waals surface area contributed by atoms with Crippen LogP contribution in [0.3, 0.4) is 0 Å². The van der Waals surface area contributed by atoms with Gasteiger partial charge in [-0.3, -0.25) is 10.1 Å². The van der Waals surface area contributed by atoms with E-state index < -0.39 is 0 Å². The first-order valence-corrected chi connectivity index (χ1v) is 12.5. The van der Waals surface area contributed by atoms with E-state index in [9.17, 15) is 0 Å². The molecule has 1 saturated carbocycles. The molecule has 0 atom stereocenters. The van der Waals surface area contributed by atoms with E-state index in [2.05, 4.69) is 91.0 Å². The van der Waals surface area contributed by atoms with Crippen molar-refractivity contribution in [3.63, 3.8) is 0 Å². The minimum atomic E-state index is 0.592. The van der Waals surface area contributed by atoms with Crippen LogP contribution < -0.4 is 5.32 Å². The van der Waals surface area contributed by atoms with Gasteiger partial charge in [0.15, 0.2) is 0 Å². The smallest absolute Gasteiger partial charge is 0.138 e. The van der Waals surface area contributed by atoms with E-state index in [-0.39, 0.29) is 0 Å². The molecule has 6 nitrogen and oxygen atoms in total. The normalized spacial score (nSPS) is 13.5. The van der Waals surface area contributed by atoms with Gasteiger partial charge in [-0.2, -0.15) is 5.10 Å². The van der Waals surface area contributed by atoms with Crippen LogP contribution in [0.4, 0.5) is 5.69 Å². The summed E-state index contributed by atoms with van der Waals surface area (Å²) in [6.07, 6.45) is 8.03. The van der Waals surface area contributed by atoms with Gasteiger partial charge in [-0.25, -0.2) is 4.98 Å². The Hall–Kier alpha value is -4.23. The van der Waals surface area contributed by atoms with Crippen molar-refractivity contribution in [1.29, 1.82) is 0 Å². The van der Waals surface area contributed by atoms with E-state index in [4.69, 9.17) is 0 Å². The zero-order valence-corrected chi connectivity index (χ0v) is 19.7. The molecule has 6 aromatic rings. The minimum absolute atomic E-state index is 0.592. The molecule has 1 aromatic carbocycles. The molecule has 0 spiro atoms. The number of rotatable bonds is 6. The van der Waals surface area contributed by atoms with E-state index in [1.165, 1.54) is 23.3 Å². The van der Waals surface area contributed by atoms with E-state index in [1.807, 2.05) is 18.6 Å². The average Bonchev–Trinajstić information content (AvgIpc) is 3.26. The van der Waals surface area contributed by atoms with Crippen LogP contribution >= 0.6 is 11.3 Å². The highest BCUT2D eigenvalue weighted by Crippen LogP contribution is 2.37. The van der Waals surface area contributed by atoms with Crippen molar-refractivity contribution < 1.29 is 0 Å². The Balaban J connectivity index is 1.29. The minimum Gasteiger partial charge on any atom is -0.358 e. The fraction of sp³-hybridized carbons (Fsp3) is 0.107. The van der Waals surface area contributed by atoms with Crippen molar-refractivity contribution in [1.82, 2.24) is 25.1 Å². The molecule has 7 rings (SSSR count). The zero-order valence-electron chi connectivity index (χ0n) is 18.9. The number of pyridine rings is 2. The standard InChI is InChI=1S/C28H22N6S/c1-16(17-4-5-17)31-20-11-19(14-29-15-20)18-6-7-24-23(12-18)27(34-33-24)25-13-22-21(26-3-2-10-35-26)8-9-30-28(22)32-25/h2-3,6-15,17,31H,1,4-5H2,(H,30,32)(H,33,34). The summed E-state index contributed by atoms with van der Waals surface area (Å²) < 4.78 is 0. The summed E-state index contributed by atoms with van der Waals surface area (Å²) in [5.74, 6) is 0.592. The predicted octanol–water partition coefficient (Wildman–Crippen LogP) is 7.23. The lowest BCUT2D eigenvalue weighted by Gasteiger charge is -2.10. The second kappa shape index (κ2) is 7.92. The summed E-state index contributed by atoms with van der Waals surface area (Å²) >= 11 is 1.73. The second-order valence-electron chi connectivity index (χ2n) is 9.00. The number of nitrogens with one attached hydrogen (secondary N) is 3. The maximum absolute atomic E-state index is 4.65. The lowest BCUT2D eigenvalue weighted by atomic mass is 10.0. The Kier molecular flexibility index (Phi) is 4.57. The summed E-state index contributed by atoms with van der Waals surface area (Å²) in [5.41, 5.74) is 9.01. The van der Waals surface area contributed by atoms with Gasteiger partial charge >= 0.3 is 0 Å². The molecule has 35 heavy (non-hydrogen) atoms. The average molecular weight is 475 g/mol. The molecule has 170 valence electrons. The van der Waals surface area contributed by atoms with Crippen LogP contribution in [-0.4, -0.2) is 25.1 Å². The quantitative estimate of drug-likeness (QED) is 0.238. The summed E-state index contributed by atoms with van der Waals surface area (Å²) in [7, 11) is 0. The SMILES string of the molecule is C=C(Nc1cncc(-c2ccc3[nH]nc(-c4cc5c(-c6cccs6)ccnc5[nH]4)c3c2)c1)C1CC1. The Morgan fingerprint density at radius 3 is 2.83 bits per heavy atom. The number of nitrogens with zero attached hydrogens (tertiary/aromatic N) is 3. The fourth-order valence-corrected chi connectivity index (χ4v) is 5.35. The van der Waals surface area contributed by atoms with Crippen LogP contribution in [-0.2, 0) is 0 Å². The van der Waals surface area contributed by atoms with Crippen LogP contribution in [0.1, 0.15) is 12.8 Å². The van der Waals surface area contributed by atoms with Crippen molar-refractivity contribution in [2.24, 2.45) is 5.92 Å². The highest BCUT2D eigenvalue weighted by Gasteiger charge is 2.24. The molecule has 1 aliphatic carbocycles. The Bertz CT molecular complexity index is 1700. The van der Waals surface area contributed by atoms with Crippen molar-refractivity contribution in [3.05, 3.63) is 84.8 Å². The first-order valence-electron chi connectivity index (χ1n) is 11.6. The van der Waals surface area contributed by atoms with Gasteiger partial charge in [-0.15, -0.1) is 11.3 Å². The largest absolute Gasteiger partial charge is 0.358 e. The molecular weight excluding hydrogens is 452 g/mol. The molecule has 0 amide bonds. The van der Waals surface area contributed by atoms with Gasteiger partial charge in [-0.05, 0) is 66.1 Å². The van der Waals surface area contributed by atoms with Gasteiger partial charge in [0, 0.05) is 44.9 Å². The topological polar surface area (TPSA) is 82.3 Å². The summed E-state index contributed by atoms with van der Waals surface area (Å²) in [4.78, 5) is 13.7. The van der Waals surface area contributed by atoms with E-state index >= 15 is 0 Å². The molecule has 0 bridgehead atoms. The van der Waals surface area contributed by atoms with Gasteiger partial charge in [0.1, 0.15) is 11.3 Å². The third kappa shape index (κ3) is 3.61. The van der Waals surface area contributed by atoms with Crippen LogP contribution in [0.5, 0.6) is 0 Å². The number of hydrogen-bond acceptors (Lipinski definition) is 5. The maximum Gasteiger partial charge on any atom is 0.138 e. The second-order valence-corrected chi connectivity index (χ2v) is 9.95. The Morgan fingerprint density at radius 2 is 1.97 bits per heavy atom. The molecule has 5 heterocycles. The number of fused-ring (bicyclic) bond motifs is 2. The summed E-state index contributed by atoms with van der Waals surface area (Å²) in [6.45, 7) is 4.17. The predicted molar refractivity (Wildman–Crippen MR) is 143 cm³/mol. The molecule has 1 fully saturated rings. The van der Waals surface area contributed by atoms with Gasteiger partial charge in [0.05, 0.1) is 23.1 Å². The summed E-state index contributed by atoms with van der Waals surface area (Å²) in [6, 6.07) is 16.9. The number of aromatic nitrogens is 5. The van der Waals surface area contributed by atoms with Gasteiger partial charge < -0.3 is 10.3 Å². The maximum atomic E-state index is 4.65. The molecular formula is C28H22N6S. The van der Waals surface area contributed by atoms with E-state index in [0.717, 1.165) is 55.8 Å². The van der Waals surface area contributed by atoms with Crippen LogP contribution in [0, 0.1) is 5.92 Å². The third-order valence-corrected chi connectivity index (χ3v) is 7.49. The number of hydrogen-bond donors (Lipinski definition) is 3. The van der Waals surface area contributed by atoms with Crippen molar-refractivity contribution in [2.75, 3.05) is 5.32 Å². The highest BCUT2D eigenvalue weighted by molar-refractivity contribution is 7.13. The van der Waals surface area contributed by atoms with Crippen LogP contribution in [0.2, 0.25) is 0 Å². The molecule has 0 unspecified atom stereocenters. The molecule has 1 aliphatic rings. The number of benzene rings is 1. The lowest BCUT2D eigenvalue weighted by molar-refractivity contribution is 1.02. The molecule has 0 radical (unpaired) electrons. The number of thiophene rings is 1. The Labute approximate surface area is 205 Å². The molecule has 5 aromatic heterocycles. The third-order valence-electron chi connectivity index (χ3n) is 6.58. The fourth-order valence-electron chi connectivity index (χ4n) is 4.59. The lowest BCUT2D eigenvalue weighted by Crippen LogP contribution is -2.00. The van der Waals surface area contributed by atoms with Gasteiger partial charge in [-0.1, -0.05) is 18.7 Å². The Morgan fingerprint density at radius 1 is 1.03 bits per heavy atom. The summed E-state index contributed by atoms with van der Waals surface area (Å²) in [5, 5.41) is 15.5. The van der Waals surface area contributed by atoms with Crippen molar-refractivity contribution in [2.45, 2.75) is 12.8 Å². The first-order chi connectivity index (χ1) is 17.2. The van der Waals surface area contributed by atoms with Gasteiger partial charge in [0.2, 0.25) is 0 Å². The first kappa shape index (κ1) is 20.2. The van der Waals surface area contributed by atoms with Crippen molar-refractivity contribution in [3.8, 4) is 33.0 Å². The molecule has 0 saturated heterocycles. The van der Waals surface area contributed by atoms with Gasteiger partial charge in [0.25, 0.3) is 0 Å². The number of anilines is 1. The van der Waals surface area contributed by atoms with Crippen LogP contribution in [0.25, 0.3) is 54.9 Å². The monoisotopic (exact) mass is 474 g/mol. The highest BCUT2D eigenvalue weighted by atomic mass is 32.1. The molecule has 3 N–H and O–H groups in total. The van der Waals surface area contributed by atoms with E-state index in [0.29, 0.717) is 5.92 Å². The number of H-pyrrole nitrogens is 2. The number of allylic oxidation sites excluding steroid dienone is 1.